The SMILES string of the molecule is C1CC2OCCC2O1.CC(C)(CCC(=O)N1CCCCC1)OCCCNCNCCOc1ccc(-c2ccc(-c3nc4[nH]c(=O)[nH]c4cc3Cl)cc2)cc1.Nc1ncnc2n[nH]c(-c3ccc(Oc4ccccc4)cc3)c12. The lowest BCUT2D eigenvalue weighted by Gasteiger charge is -2.29. The van der Waals surface area contributed by atoms with Gasteiger partial charge in [-0.05, 0) is 131 Å². The number of amides is 1. The largest absolute Gasteiger partial charge is 0.492 e. The number of para-hydroxylation sites is 1. The van der Waals surface area contributed by atoms with Gasteiger partial charge in [-0.15, -0.1) is 0 Å². The van der Waals surface area contributed by atoms with Crippen LogP contribution in [0, 0.1) is 0 Å². The number of aromatic amines is 3. The second-order valence-corrected chi connectivity index (χ2v) is 20.1. The summed E-state index contributed by atoms with van der Waals surface area (Å²) in [6, 6.07) is 35.0. The zero-order valence-corrected chi connectivity index (χ0v) is 44.5. The lowest BCUT2D eigenvalue weighted by molar-refractivity contribution is -0.133. The summed E-state index contributed by atoms with van der Waals surface area (Å²) in [6.45, 7) is 11.3. The molecule has 404 valence electrons. The molecule has 2 atom stereocenters. The summed E-state index contributed by atoms with van der Waals surface area (Å²) in [6.07, 6.45) is 10.2. The molecule has 4 aromatic carbocycles. The first-order valence-corrected chi connectivity index (χ1v) is 26.9. The van der Waals surface area contributed by atoms with Crippen molar-refractivity contribution < 1.29 is 28.5 Å². The molecule has 0 radical (unpaired) electrons. The number of rotatable bonds is 19. The molecule has 7 N–H and O–H groups in total. The Hall–Kier alpha value is -7.19. The fraction of sp³-hybridized carbons (Fsp3) is 0.379. The summed E-state index contributed by atoms with van der Waals surface area (Å²) in [5.41, 5.74) is 12.3. The number of carbonyl (C=O) groups excluding carboxylic acids is 1. The standard InChI is InChI=1S/C35H45ClN6O4.C17H13N5O.C6H10O2/c1-35(2,16-15-31(43)42-19-4-3-5-20-42)46-21-6-17-37-24-38-18-22-45-28-13-11-26(12-14-28)25-7-9-27(10-8-25)32-29(36)23-30-33(40-32)41-34(44)39-30;18-16-14-15(21-22-17(14)20-10-19-16)11-6-8-13(9-7-11)23-12-4-2-1-3-5-12;1-3-7-6-2-4-8-5(1)6/h7-14,23,37-38H,3-6,15-22,24H2,1-2H3,(H2,39,40,41,44);1-10H,(H3,18,19,20,21,22);5-6H,1-4H2. The van der Waals surface area contributed by atoms with Gasteiger partial charge in [-0.3, -0.25) is 14.9 Å². The Morgan fingerprint density at radius 2 is 1.44 bits per heavy atom. The van der Waals surface area contributed by atoms with E-state index < -0.39 is 0 Å². The molecule has 2 unspecified atom stereocenters. The van der Waals surface area contributed by atoms with Crippen LogP contribution in [0.5, 0.6) is 17.2 Å². The third kappa shape index (κ3) is 15.3. The maximum absolute atomic E-state index is 12.4. The molecule has 0 spiro atoms. The number of nitrogens with two attached hydrogens (primary N) is 1. The first-order valence-electron chi connectivity index (χ1n) is 26.5. The number of pyridine rings is 1. The Bertz CT molecular complexity index is 3160. The highest BCUT2D eigenvalue weighted by Gasteiger charge is 2.33. The van der Waals surface area contributed by atoms with Gasteiger partial charge in [0.15, 0.2) is 11.3 Å². The van der Waals surface area contributed by atoms with Crippen LogP contribution in [0.25, 0.3) is 55.8 Å². The molecule has 4 aromatic heterocycles. The number of nitrogen functional groups attached to an aromatic ring is 1. The number of anilines is 1. The minimum atomic E-state index is -0.311. The molecule has 77 heavy (non-hydrogen) atoms. The number of hydrogen-bond acceptors (Lipinski definition) is 14. The van der Waals surface area contributed by atoms with Crippen LogP contribution in [-0.4, -0.2) is 123 Å². The third-order valence-corrected chi connectivity index (χ3v) is 13.9. The van der Waals surface area contributed by atoms with Crippen molar-refractivity contribution in [2.24, 2.45) is 0 Å². The molecule has 8 aromatic rings. The van der Waals surface area contributed by atoms with Gasteiger partial charge in [-0.25, -0.2) is 19.7 Å². The molecular weight excluding hydrogens is 998 g/mol. The average molecular weight is 1070 g/mol. The monoisotopic (exact) mass is 1070 g/mol. The molecule has 3 aliphatic rings. The molecule has 7 heterocycles. The van der Waals surface area contributed by atoms with E-state index in [1.165, 1.54) is 12.7 Å². The number of ether oxygens (including phenoxy) is 5. The van der Waals surface area contributed by atoms with Crippen molar-refractivity contribution in [3.05, 3.63) is 131 Å². The van der Waals surface area contributed by atoms with Crippen LogP contribution < -0.4 is 31.5 Å². The number of aromatic nitrogens is 7. The normalized spacial score (nSPS) is 16.1. The van der Waals surface area contributed by atoms with Gasteiger partial charge in [0.1, 0.15) is 36.0 Å². The van der Waals surface area contributed by atoms with Gasteiger partial charge in [-0.1, -0.05) is 66.2 Å². The number of hydrogen-bond donors (Lipinski definition) is 6. The molecule has 0 saturated carbocycles. The van der Waals surface area contributed by atoms with E-state index in [9.17, 15) is 9.59 Å². The Kier molecular flexibility index (Phi) is 18.9. The lowest BCUT2D eigenvalue weighted by Crippen LogP contribution is -2.37. The Morgan fingerprint density at radius 3 is 2.17 bits per heavy atom. The molecule has 18 nitrogen and oxygen atoms in total. The second-order valence-electron chi connectivity index (χ2n) is 19.7. The minimum Gasteiger partial charge on any atom is -0.492 e. The van der Waals surface area contributed by atoms with E-state index in [0.29, 0.717) is 71.9 Å². The fourth-order valence-corrected chi connectivity index (χ4v) is 9.63. The summed E-state index contributed by atoms with van der Waals surface area (Å²) in [7, 11) is 0. The second kappa shape index (κ2) is 26.7. The molecule has 11 rings (SSSR count). The number of piperidine rings is 1. The maximum Gasteiger partial charge on any atom is 0.325 e. The zero-order chi connectivity index (χ0) is 53.4. The van der Waals surface area contributed by atoms with Crippen molar-refractivity contribution in [3.8, 4) is 50.9 Å². The Labute approximate surface area is 452 Å². The highest BCUT2D eigenvalue weighted by atomic mass is 35.5. The topological polar surface area (TPSA) is 233 Å². The van der Waals surface area contributed by atoms with Crippen LogP contribution in [0.2, 0.25) is 5.02 Å². The van der Waals surface area contributed by atoms with Gasteiger partial charge in [0.05, 0.1) is 45.1 Å². The molecule has 0 aliphatic carbocycles. The number of nitrogens with one attached hydrogen (secondary N) is 5. The van der Waals surface area contributed by atoms with Crippen molar-refractivity contribution in [2.45, 2.75) is 83.0 Å². The number of carbonyl (C=O) groups is 1. The van der Waals surface area contributed by atoms with Gasteiger partial charge in [0.25, 0.3) is 0 Å². The molecule has 3 aliphatic heterocycles. The van der Waals surface area contributed by atoms with Gasteiger partial charge in [0, 0.05) is 63.7 Å². The van der Waals surface area contributed by atoms with Crippen LogP contribution >= 0.6 is 11.6 Å². The van der Waals surface area contributed by atoms with Crippen molar-refractivity contribution in [2.75, 3.05) is 65.0 Å². The van der Waals surface area contributed by atoms with Gasteiger partial charge >= 0.3 is 5.69 Å². The highest BCUT2D eigenvalue weighted by molar-refractivity contribution is 6.33. The quantitative estimate of drug-likeness (QED) is 0.0327. The smallest absolute Gasteiger partial charge is 0.325 e. The van der Waals surface area contributed by atoms with Crippen LogP contribution in [0.4, 0.5) is 5.82 Å². The van der Waals surface area contributed by atoms with Crippen molar-refractivity contribution in [1.29, 1.82) is 0 Å². The predicted octanol–water partition coefficient (Wildman–Crippen LogP) is 9.69. The summed E-state index contributed by atoms with van der Waals surface area (Å²) < 4.78 is 28.5. The first kappa shape index (κ1) is 54.6. The van der Waals surface area contributed by atoms with E-state index in [0.717, 1.165) is 129 Å². The predicted molar refractivity (Wildman–Crippen MR) is 300 cm³/mol. The number of halogens is 1. The lowest BCUT2D eigenvalue weighted by atomic mass is 10.0. The van der Waals surface area contributed by atoms with Crippen LogP contribution in [0.15, 0.2) is 120 Å². The van der Waals surface area contributed by atoms with Crippen molar-refractivity contribution in [1.82, 2.24) is 50.7 Å². The van der Waals surface area contributed by atoms with Crippen LogP contribution in [-0.2, 0) is 19.0 Å². The summed E-state index contributed by atoms with van der Waals surface area (Å²) in [5.74, 6) is 3.04. The molecule has 0 bridgehead atoms. The number of benzene rings is 4. The third-order valence-electron chi connectivity index (χ3n) is 13.6. The highest BCUT2D eigenvalue weighted by Crippen LogP contribution is 2.33. The van der Waals surface area contributed by atoms with Crippen LogP contribution in [0.3, 0.4) is 0 Å². The number of nitrogens with zero attached hydrogens (tertiary/aromatic N) is 5. The Balaban J connectivity index is 0.000000189. The minimum absolute atomic E-state index is 0.265. The molecule has 3 saturated heterocycles. The van der Waals surface area contributed by atoms with E-state index in [1.54, 1.807) is 6.07 Å². The van der Waals surface area contributed by atoms with E-state index in [4.69, 9.17) is 41.0 Å². The summed E-state index contributed by atoms with van der Waals surface area (Å²) in [5, 5.41) is 15.1. The van der Waals surface area contributed by atoms with Crippen molar-refractivity contribution in [3.63, 3.8) is 0 Å². The van der Waals surface area contributed by atoms with Crippen molar-refractivity contribution >= 4 is 45.5 Å². The number of likely N-dealkylation sites (tertiary alicyclic amines) is 1. The Morgan fingerprint density at radius 1 is 0.792 bits per heavy atom. The fourth-order valence-electron chi connectivity index (χ4n) is 9.37. The molecule has 19 heteroatoms. The first-order chi connectivity index (χ1) is 37.5. The van der Waals surface area contributed by atoms with Gasteiger partial charge in [0.2, 0.25) is 5.91 Å². The average Bonchev–Trinajstić information content (AvgIpc) is 4.32. The molecule has 3 fully saturated rings. The van der Waals surface area contributed by atoms with E-state index >= 15 is 0 Å². The molecular formula is C58H68ClN11O7. The van der Waals surface area contributed by atoms with Crippen LogP contribution in [0.1, 0.15) is 65.2 Å². The van der Waals surface area contributed by atoms with Gasteiger partial charge < -0.3 is 49.9 Å². The van der Waals surface area contributed by atoms with E-state index in [2.05, 4.69) is 59.6 Å². The maximum atomic E-state index is 12.4. The van der Waals surface area contributed by atoms with E-state index in [-0.39, 0.29) is 17.2 Å². The number of fused-ring (bicyclic) bond motifs is 3. The number of H-pyrrole nitrogens is 3. The zero-order valence-electron chi connectivity index (χ0n) is 43.7. The summed E-state index contributed by atoms with van der Waals surface area (Å²) in [4.78, 5) is 44.0. The number of imidazole rings is 1. The summed E-state index contributed by atoms with van der Waals surface area (Å²) >= 11 is 6.43. The van der Waals surface area contributed by atoms with E-state index in [1.807, 2.05) is 108 Å². The van der Waals surface area contributed by atoms with Gasteiger partial charge in [-0.2, -0.15) is 5.10 Å². The molecule has 1 amide bonds.